The minimum absolute atomic E-state index is 0.00263. The number of hydrogen-bond acceptors (Lipinski definition) is 4. The van der Waals surface area contributed by atoms with Crippen molar-refractivity contribution in [2.24, 2.45) is 5.92 Å². The zero-order valence-corrected chi connectivity index (χ0v) is 12.4. The van der Waals surface area contributed by atoms with Crippen molar-refractivity contribution in [3.8, 4) is 5.69 Å². The fraction of sp³-hybridized carbons (Fsp3) is 0.357. The molecule has 1 aromatic carbocycles. The van der Waals surface area contributed by atoms with E-state index < -0.39 is 0 Å². The number of nitrogens with zero attached hydrogens (tertiary/aromatic N) is 2. The van der Waals surface area contributed by atoms with Crippen LogP contribution in [0.1, 0.15) is 12.2 Å². The number of hydrogen-bond donors (Lipinski definition) is 2. The third kappa shape index (κ3) is 2.88. The van der Waals surface area contributed by atoms with E-state index in [-0.39, 0.29) is 11.8 Å². The Kier molecular flexibility index (Phi) is 3.85. The SMILES string of the molecule is Cc1n[nH]c(=S)n1-c1cccc(NC(=O)[C@H]2CCOC2)c1. The first-order valence-electron chi connectivity index (χ1n) is 6.78. The van der Waals surface area contributed by atoms with Crippen molar-refractivity contribution < 1.29 is 9.53 Å². The summed E-state index contributed by atoms with van der Waals surface area (Å²) in [5.41, 5.74) is 1.61. The molecule has 1 aromatic heterocycles. The highest BCUT2D eigenvalue weighted by atomic mass is 32.1. The number of aromatic amines is 1. The van der Waals surface area contributed by atoms with Gasteiger partial charge >= 0.3 is 0 Å². The molecule has 0 bridgehead atoms. The van der Waals surface area contributed by atoms with Crippen LogP contribution in [0.15, 0.2) is 24.3 Å². The highest BCUT2D eigenvalue weighted by molar-refractivity contribution is 7.71. The first-order chi connectivity index (χ1) is 10.1. The van der Waals surface area contributed by atoms with E-state index in [4.69, 9.17) is 17.0 Å². The third-order valence-electron chi connectivity index (χ3n) is 3.51. The number of carbonyl (C=O) groups is 1. The molecule has 7 heteroatoms. The summed E-state index contributed by atoms with van der Waals surface area (Å²) in [4.78, 5) is 12.1. The summed E-state index contributed by atoms with van der Waals surface area (Å²) < 4.78 is 7.59. The Morgan fingerprint density at radius 2 is 2.43 bits per heavy atom. The average molecular weight is 304 g/mol. The normalized spacial score (nSPS) is 17.9. The molecule has 6 nitrogen and oxygen atoms in total. The fourth-order valence-corrected chi connectivity index (χ4v) is 2.67. The number of aryl methyl sites for hydroxylation is 1. The molecule has 1 aliphatic heterocycles. The third-order valence-corrected chi connectivity index (χ3v) is 3.79. The predicted octanol–water partition coefficient (Wildman–Crippen LogP) is 2.21. The molecule has 1 atom stereocenters. The molecule has 2 N–H and O–H groups in total. The van der Waals surface area contributed by atoms with Gasteiger partial charge in [-0.15, -0.1) is 0 Å². The van der Waals surface area contributed by atoms with Crippen LogP contribution in [0.25, 0.3) is 5.69 Å². The molecule has 1 aliphatic rings. The lowest BCUT2D eigenvalue weighted by Gasteiger charge is -2.11. The Labute approximate surface area is 127 Å². The molecular weight excluding hydrogens is 288 g/mol. The molecule has 21 heavy (non-hydrogen) atoms. The van der Waals surface area contributed by atoms with E-state index in [1.54, 1.807) is 0 Å². The number of anilines is 1. The van der Waals surface area contributed by atoms with Crippen molar-refractivity contribution in [3.05, 3.63) is 34.9 Å². The van der Waals surface area contributed by atoms with Gasteiger partial charge in [0.05, 0.1) is 18.2 Å². The van der Waals surface area contributed by atoms with E-state index in [9.17, 15) is 4.79 Å². The molecule has 110 valence electrons. The van der Waals surface area contributed by atoms with E-state index in [0.29, 0.717) is 18.0 Å². The van der Waals surface area contributed by atoms with Gasteiger partial charge in [0.25, 0.3) is 0 Å². The molecule has 1 saturated heterocycles. The van der Waals surface area contributed by atoms with E-state index >= 15 is 0 Å². The molecule has 2 heterocycles. The van der Waals surface area contributed by atoms with Gasteiger partial charge in [0.15, 0.2) is 4.77 Å². The highest BCUT2D eigenvalue weighted by Gasteiger charge is 2.23. The number of amides is 1. The number of nitrogens with one attached hydrogen (secondary N) is 2. The van der Waals surface area contributed by atoms with Gasteiger partial charge in [-0.2, -0.15) is 5.10 Å². The molecule has 1 fully saturated rings. The summed E-state index contributed by atoms with van der Waals surface area (Å²) in [6.45, 7) is 3.02. The van der Waals surface area contributed by atoms with Crippen LogP contribution in [0.3, 0.4) is 0 Å². The summed E-state index contributed by atoms with van der Waals surface area (Å²) in [5.74, 6) is 0.705. The van der Waals surface area contributed by atoms with Crippen molar-refractivity contribution in [3.63, 3.8) is 0 Å². The molecule has 0 spiro atoms. The number of carbonyl (C=O) groups excluding carboxylic acids is 1. The van der Waals surface area contributed by atoms with Crippen LogP contribution in [0, 0.1) is 17.6 Å². The average Bonchev–Trinajstić information content (AvgIpc) is 3.09. The number of ether oxygens (including phenoxy) is 1. The van der Waals surface area contributed by atoms with E-state index in [1.165, 1.54) is 0 Å². The maximum atomic E-state index is 12.1. The first kappa shape index (κ1) is 14.0. The van der Waals surface area contributed by atoms with Gasteiger partial charge in [0, 0.05) is 12.3 Å². The second-order valence-corrected chi connectivity index (χ2v) is 5.40. The quantitative estimate of drug-likeness (QED) is 0.853. The molecular formula is C14H16N4O2S. The van der Waals surface area contributed by atoms with E-state index in [1.807, 2.05) is 35.8 Å². The van der Waals surface area contributed by atoms with Crippen LogP contribution in [0.5, 0.6) is 0 Å². The van der Waals surface area contributed by atoms with Crippen LogP contribution < -0.4 is 5.32 Å². The topological polar surface area (TPSA) is 71.9 Å². The Morgan fingerprint density at radius 1 is 1.57 bits per heavy atom. The van der Waals surface area contributed by atoms with Crippen LogP contribution in [-0.2, 0) is 9.53 Å². The zero-order valence-electron chi connectivity index (χ0n) is 11.6. The summed E-state index contributed by atoms with van der Waals surface area (Å²) in [7, 11) is 0. The zero-order chi connectivity index (χ0) is 14.8. The highest BCUT2D eigenvalue weighted by Crippen LogP contribution is 2.19. The van der Waals surface area contributed by atoms with Gasteiger partial charge in [0.1, 0.15) is 5.82 Å². The van der Waals surface area contributed by atoms with Crippen molar-refractivity contribution in [1.82, 2.24) is 14.8 Å². The smallest absolute Gasteiger partial charge is 0.229 e. The van der Waals surface area contributed by atoms with Gasteiger partial charge in [0.2, 0.25) is 5.91 Å². The first-order valence-corrected chi connectivity index (χ1v) is 7.19. The van der Waals surface area contributed by atoms with Crippen molar-refractivity contribution >= 4 is 23.8 Å². The maximum absolute atomic E-state index is 12.1. The van der Waals surface area contributed by atoms with E-state index in [0.717, 1.165) is 23.6 Å². The molecule has 0 unspecified atom stereocenters. The summed E-state index contributed by atoms with van der Waals surface area (Å²) in [6, 6.07) is 7.54. The van der Waals surface area contributed by atoms with Gasteiger partial charge < -0.3 is 10.1 Å². The molecule has 2 aromatic rings. The molecule has 3 rings (SSSR count). The van der Waals surface area contributed by atoms with Crippen LogP contribution in [0.2, 0.25) is 0 Å². The Balaban J connectivity index is 1.83. The largest absolute Gasteiger partial charge is 0.381 e. The lowest BCUT2D eigenvalue weighted by Crippen LogP contribution is -2.22. The minimum Gasteiger partial charge on any atom is -0.381 e. The second kappa shape index (κ2) is 5.79. The molecule has 0 saturated carbocycles. The number of benzene rings is 1. The number of H-pyrrole nitrogens is 1. The summed E-state index contributed by atoms with van der Waals surface area (Å²) in [6.07, 6.45) is 0.775. The summed E-state index contributed by atoms with van der Waals surface area (Å²) in [5, 5.41) is 9.77. The predicted molar refractivity (Wildman–Crippen MR) is 81.0 cm³/mol. The van der Waals surface area contributed by atoms with Gasteiger partial charge in [-0.1, -0.05) is 6.07 Å². The number of rotatable bonds is 3. The van der Waals surface area contributed by atoms with Gasteiger partial charge in [-0.25, -0.2) is 0 Å². The van der Waals surface area contributed by atoms with Gasteiger partial charge in [-0.3, -0.25) is 14.5 Å². The molecule has 0 radical (unpaired) electrons. The van der Waals surface area contributed by atoms with Crippen molar-refractivity contribution in [1.29, 1.82) is 0 Å². The standard InChI is InChI=1S/C14H16N4O2S/c1-9-16-17-14(21)18(9)12-4-2-3-11(7-12)15-13(19)10-5-6-20-8-10/h2-4,7,10H,5-6,8H2,1H3,(H,15,19)(H,17,21)/t10-/m0/s1. The van der Waals surface area contributed by atoms with Crippen LogP contribution in [-0.4, -0.2) is 33.9 Å². The van der Waals surface area contributed by atoms with E-state index in [2.05, 4.69) is 15.5 Å². The molecule has 1 amide bonds. The Hall–Kier alpha value is -1.99. The molecule has 0 aliphatic carbocycles. The fourth-order valence-electron chi connectivity index (χ4n) is 2.39. The second-order valence-electron chi connectivity index (χ2n) is 5.01. The number of aromatic nitrogens is 3. The lowest BCUT2D eigenvalue weighted by molar-refractivity contribution is -0.119. The monoisotopic (exact) mass is 304 g/mol. The Bertz CT molecular complexity index is 716. The Morgan fingerprint density at radius 3 is 3.10 bits per heavy atom. The maximum Gasteiger partial charge on any atom is 0.229 e. The van der Waals surface area contributed by atoms with Crippen molar-refractivity contribution in [2.45, 2.75) is 13.3 Å². The van der Waals surface area contributed by atoms with Crippen LogP contribution in [0.4, 0.5) is 5.69 Å². The van der Waals surface area contributed by atoms with Crippen LogP contribution >= 0.6 is 12.2 Å². The lowest BCUT2D eigenvalue weighted by atomic mass is 10.1. The van der Waals surface area contributed by atoms with Crippen molar-refractivity contribution in [2.75, 3.05) is 18.5 Å². The summed E-state index contributed by atoms with van der Waals surface area (Å²) >= 11 is 5.21. The minimum atomic E-state index is -0.0634. The van der Waals surface area contributed by atoms with Gasteiger partial charge in [-0.05, 0) is 43.8 Å².